The quantitative estimate of drug-likeness (QED) is 0.763. The first kappa shape index (κ1) is 17.8. The number of amides is 1. The van der Waals surface area contributed by atoms with Gasteiger partial charge in [0, 0.05) is 5.56 Å². The van der Waals surface area contributed by atoms with Gasteiger partial charge in [-0.05, 0) is 54.7 Å². The molecule has 0 spiro atoms. The van der Waals surface area contributed by atoms with E-state index in [-0.39, 0.29) is 11.9 Å². The molecule has 0 aliphatic heterocycles. The fourth-order valence-corrected chi connectivity index (χ4v) is 2.64. The lowest BCUT2D eigenvalue weighted by Gasteiger charge is -2.16. The number of benzene rings is 2. The fourth-order valence-electron chi connectivity index (χ4n) is 2.64. The highest BCUT2D eigenvalue weighted by molar-refractivity contribution is 5.94. The van der Waals surface area contributed by atoms with E-state index in [0.29, 0.717) is 12.0 Å². The highest BCUT2D eigenvalue weighted by atomic mass is 16.5. The Balaban J connectivity index is 2.13. The van der Waals surface area contributed by atoms with E-state index < -0.39 is 0 Å². The van der Waals surface area contributed by atoms with Crippen molar-refractivity contribution in [3.8, 4) is 5.75 Å². The Morgan fingerprint density at radius 1 is 1.25 bits per heavy atom. The van der Waals surface area contributed by atoms with Gasteiger partial charge in [-0.3, -0.25) is 4.79 Å². The number of rotatable bonds is 7. The number of aryl methyl sites for hydroxylation is 1. The van der Waals surface area contributed by atoms with Crippen LogP contribution in [-0.2, 0) is 12.8 Å². The molecule has 0 fully saturated rings. The lowest BCUT2D eigenvalue weighted by Crippen LogP contribution is -2.26. The maximum atomic E-state index is 12.5. The van der Waals surface area contributed by atoms with Crippen molar-refractivity contribution in [3.05, 3.63) is 77.4 Å². The van der Waals surface area contributed by atoms with Crippen molar-refractivity contribution in [1.29, 1.82) is 0 Å². The second kappa shape index (κ2) is 8.34. The van der Waals surface area contributed by atoms with Crippen LogP contribution in [0.4, 0.5) is 0 Å². The Morgan fingerprint density at radius 3 is 2.54 bits per heavy atom. The Hall–Kier alpha value is -2.55. The summed E-state index contributed by atoms with van der Waals surface area (Å²) in [4.78, 5) is 12.5. The summed E-state index contributed by atoms with van der Waals surface area (Å²) < 4.78 is 5.33. The molecule has 0 heterocycles. The Morgan fingerprint density at radius 2 is 1.96 bits per heavy atom. The van der Waals surface area contributed by atoms with Crippen molar-refractivity contribution < 1.29 is 9.53 Å². The van der Waals surface area contributed by atoms with Crippen molar-refractivity contribution in [1.82, 2.24) is 5.32 Å². The molecule has 0 unspecified atom stereocenters. The third-order valence-electron chi connectivity index (χ3n) is 4.14. The van der Waals surface area contributed by atoms with Crippen LogP contribution in [0.5, 0.6) is 5.75 Å². The molecule has 0 aromatic heterocycles. The summed E-state index contributed by atoms with van der Waals surface area (Å²) >= 11 is 0. The van der Waals surface area contributed by atoms with Gasteiger partial charge in [0.25, 0.3) is 5.91 Å². The zero-order valence-corrected chi connectivity index (χ0v) is 14.6. The SMILES string of the molecule is C=CCc1cc(C(=O)N[C@@H](C)c2ccc(CC)cc2)ccc1OC. The topological polar surface area (TPSA) is 38.3 Å². The zero-order valence-electron chi connectivity index (χ0n) is 14.6. The normalized spacial score (nSPS) is 11.6. The summed E-state index contributed by atoms with van der Waals surface area (Å²) in [7, 11) is 1.63. The first-order valence-electron chi connectivity index (χ1n) is 8.26. The Bertz CT molecular complexity index is 704. The number of hydrogen-bond donors (Lipinski definition) is 1. The molecule has 0 aliphatic rings. The second-order valence-corrected chi connectivity index (χ2v) is 5.81. The maximum Gasteiger partial charge on any atom is 0.251 e. The number of ether oxygens (including phenoxy) is 1. The molecule has 126 valence electrons. The van der Waals surface area contributed by atoms with Gasteiger partial charge in [0.15, 0.2) is 0 Å². The van der Waals surface area contributed by atoms with Gasteiger partial charge in [-0.15, -0.1) is 6.58 Å². The van der Waals surface area contributed by atoms with Crippen LogP contribution in [-0.4, -0.2) is 13.0 Å². The summed E-state index contributed by atoms with van der Waals surface area (Å²) in [5.74, 6) is 0.685. The minimum atomic E-state index is -0.0879. The summed E-state index contributed by atoms with van der Waals surface area (Å²) in [6.07, 6.45) is 3.48. The van der Waals surface area contributed by atoms with E-state index in [1.807, 2.05) is 19.1 Å². The third-order valence-corrected chi connectivity index (χ3v) is 4.14. The highest BCUT2D eigenvalue weighted by Gasteiger charge is 2.13. The number of carbonyl (C=O) groups excluding carboxylic acids is 1. The van der Waals surface area contributed by atoms with Gasteiger partial charge in [0.05, 0.1) is 13.2 Å². The van der Waals surface area contributed by atoms with Crippen molar-refractivity contribution in [2.24, 2.45) is 0 Å². The van der Waals surface area contributed by atoms with Crippen molar-refractivity contribution in [2.45, 2.75) is 32.7 Å². The molecular weight excluding hydrogens is 298 g/mol. The molecule has 2 rings (SSSR count). The lowest BCUT2D eigenvalue weighted by atomic mass is 10.0. The predicted octanol–water partition coefficient (Wildman–Crippen LogP) is 4.48. The zero-order chi connectivity index (χ0) is 17.5. The van der Waals surface area contributed by atoms with E-state index in [0.717, 1.165) is 23.3 Å². The first-order chi connectivity index (χ1) is 11.6. The molecule has 0 saturated carbocycles. The van der Waals surface area contributed by atoms with E-state index in [9.17, 15) is 4.79 Å². The highest BCUT2D eigenvalue weighted by Crippen LogP contribution is 2.21. The van der Waals surface area contributed by atoms with Crippen LogP contribution < -0.4 is 10.1 Å². The number of carbonyl (C=O) groups is 1. The molecule has 1 N–H and O–H groups in total. The van der Waals surface area contributed by atoms with Gasteiger partial charge < -0.3 is 10.1 Å². The summed E-state index contributed by atoms with van der Waals surface area (Å²) in [5, 5.41) is 3.05. The molecule has 0 saturated heterocycles. The molecule has 2 aromatic carbocycles. The van der Waals surface area contributed by atoms with Gasteiger partial charge in [0.1, 0.15) is 5.75 Å². The smallest absolute Gasteiger partial charge is 0.251 e. The molecule has 0 bridgehead atoms. The Kier molecular flexibility index (Phi) is 6.19. The summed E-state index contributed by atoms with van der Waals surface area (Å²) in [6, 6.07) is 13.8. The minimum absolute atomic E-state index is 0.0478. The third kappa shape index (κ3) is 4.25. The molecule has 2 aromatic rings. The van der Waals surface area contributed by atoms with Gasteiger partial charge in [-0.1, -0.05) is 37.3 Å². The molecular formula is C21H25NO2. The average molecular weight is 323 g/mol. The van der Waals surface area contributed by atoms with Gasteiger partial charge in [-0.25, -0.2) is 0 Å². The van der Waals surface area contributed by atoms with E-state index in [4.69, 9.17) is 4.74 Å². The summed E-state index contributed by atoms with van der Waals surface area (Å²) in [6.45, 7) is 7.87. The van der Waals surface area contributed by atoms with Gasteiger partial charge >= 0.3 is 0 Å². The molecule has 24 heavy (non-hydrogen) atoms. The van der Waals surface area contributed by atoms with Crippen LogP contribution >= 0.6 is 0 Å². The van der Waals surface area contributed by atoms with Crippen molar-refractivity contribution in [3.63, 3.8) is 0 Å². The molecule has 0 aliphatic carbocycles. The van der Waals surface area contributed by atoms with Crippen molar-refractivity contribution >= 4 is 5.91 Å². The monoisotopic (exact) mass is 323 g/mol. The van der Waals surface area contributed by atoms with Crippen molar-refractivity contribution in [2.75, 3.05) is 7.11 Å². The lowest BCUT2D eigenvalue weighted by molar-refractivity contribution is 0.0939. The summed E-state index contributed by atoms with van der Waals surface area (Å²) in [5.41, 5.74) is 3.98. The van der Waals surface area contributed by atoms with E-state index in [2.05, 4.69) is 43.1 Å². The number of hydrogen-bond acceptors (Lipinski definition) is 2. The molecule has 3 heteroatoms. The number of nitrogens with one attached hydrogen (secondary N) is 1. The molecule has 3 nitrogen and oxygen atoms in total. The van der Waals surface area contributed by atoms with Crippen LogP contribution in [0.2, 0.25) is 0 Å². The van der Waals surface area contributed by atoms with E-state index in [1.54, 1.807) is 19.3 Å². The molecule has 1 amide bonds. The first-order valence-corrected chi connectivity index (χ1v) is 8.26. The minimum Gasteiger partial charge on any atom is -0.496 e. The van der Waals surface area contributed by atoms with E-state index in [1.165, 1.54) is 5.56 Å². The van der Waals surface area contributed by atoms with E-state index >= 15 is 0 Å². The molecule has 0 radical (unpaired) electrons. The Labute approximate surface area is 144 Å². The standard InChI is InChI=1S/C21H25NO2/c1-5-7-18-14-19(12-13-20(18)24-4)21(23)22-15(3)17-10-8-16(6-2)9-11-17/h5,8-15H,1,6-7H2,2-4H3,(H,22,23)/t15-/m0/s1. The van der Waals surface area contributed by atoms with Gasteiger partial charge in [-0.2, -0.15) is 0 Å². The predicted molar refractivity (Wildman–Crippen MR) is 98.6 cm³/mol. The number of methoxy groups -OCH3 is 1. The second-order valence-electron chi connectivity index (χ2n) is 5.81. The van der Waals surface area contributed by atoms with Crippen LogP contribution in [0.15, 0.2) is 55.1 Å². The van der Waals surface area contributed by atoms with Crippen LogP contribution in [0, 0.1) is 0 Å². The molecule has 1 atom stereocenters. The van der Waals surface area contributed by atoms with Crippen LogP contribution in [0.1, 0.15) is 46.9 Å². The maximum absolute atomic E-state index is 12.5. The van der Waals surface area contributed by atoms with Gasteiger partial charge in [0.2, 0.25) is 0 Å². The largest absolute Gasteiger partial charge is 0.496 e. The van der Waals surface area contributed by atoms with Crippen LogP contribution in [0.25, 0.3) is 0 Å². The number of allylic oxidation sites excluding steroid dienone is 1. The van der Waals surface area contributed by atoms with Crippen LogP contribution in [0.3, 0.4) is 0 Å². The average Bonchev–Trinajstić information content (AvgIpc) is 2.62. The fraction of sp³-hybridized carbons (Fsp3) is 0.286.